The van der Waals surface area contributed by atoms with Crippen molar-refractivity contribution in [3.63, 3.8) is 0 Å². The highest BCUT2D eigenvalue weighted by atomic mass is 16.6. The van der Waals surface area contributed by atoms with Crippen molar-refractivity contribution < 1.29 is 29.3 Å². The summed E-state index contributed by atoms with van der Waals surface area (Å²) in [5, 5.41) is 23.5. The molecule has 7 heteroatoms. The number of aliphatic hydroxyl groups is 2. The van der Waals surface area contributed by atoms with Gasteiger partial charge >= 0.3 is 0 Å². The van der Waals surface area contributed by atoms with Gasteiger partial charge in [0.25, 0.3) is 5.91 Å². The summed E-state index contributed by atoms with van der Waals surface area (Å²) in [6, 6.07) is 6.64. The van der Waals surface area contributed by atoms with Gasteiger partial charge in [-0.3, -0.25) is 9.59 Å². The summed E-state index contributed by atoms with van der Waals surface area (Å²) in [5.41, 5.74) is 0.635. The van der Waals surface area contributed by atoms with E-state index >= 15 is 0 Å². The van der Waals surface area contributed by atoms with Crippen LogP contribution in [-0.2, 0) is 20.7 Å². The van der Waals surface area contributed by atoms with E-state index in [4.69, 9.17) is 9.47 Å². The molecule has 4 heterocycles. The Morgan fingerprint density at radius 1 is 1.11 bits per heavy atom. The molecule has 2 saturated heterocycles. The molecule has 0 radical (unpaired) electrons. The number of aliphatic hydroxyl groups excluding tert-OH is 2. The van der Waals surface area contributed by atoms with E-state index < -0.39 is 29.8 Å². The Labute approximate surface area is 157 Å². The Morgan fingerprint density at radius 3 is 2.59 bits per heavy atom. The molecule has 5 rings (SSSR count). The number of hydrogen-bond acceptors (Lipinski definition) is 6. The lowest BCUT2D eigenvalue weighted by atomic mass is 9.92. The Balaban J connectivity index is 1.63. The second kappa shape index (κ2) is 6.98. The van der Waals surface area contributed by atoms with Crippen molar-refractivity contribution in [2.24, 2.45) is 5.92 Å². The third-order valence-corrected chi connectivity index (χ3v) is 5.57. The molecular formula is C20H23NO6. The number of ether oxygens (including phenoxy) is 2. The first kappa shape index (κ1) is 18.0. The van der Waals surface area contributed by atoms with Crippen molar-refractivity contribution in [1.82, 2.24) is 5.32 Å². The van der Waals surface area contributed by atoms with E-state index in [0.29, 0.717) is 31.6 Å². The largest absolute Gasteiger partial charge is 0.511 e. The number of rotatable bonds is 0. The predicted octanol–water partition coefficient (Wildman–Crippen LogP) is 1.05. The zero-order valence-corrected chi connectivity index (χ0v) is 15.1. The Morgan fingerprint density at radius 2 is 1.85 bits per heavy atom. The maximum atomic E-state index is 12.7. The highest BCUT2D eigenvalue weighted by Gasteiger charge is 2.42. The zero-order chi connectivity index (χ0) is 19.1. The summed E-state index contributed by atoms with van der Waals surface area (Å²) < 4.78 is 11.3. The number of benzene rings is 1. The number of amides is 1. The van der Waals surface area contributed by atoms with Crippen LogP contribution in [0.5, 0.6) is 5.75 Å². The van der Waals surface area contributed by atoms with E-state index in [1.165, 1.54) is 0 Å². The van der Waals surface area contributed by atoms with E-state index in [-0.39, 0.29) is 23.5 Å². The minimum Gasteiger partial charge on any atom is -0.511 e. The number of ketones is 1. The first-order chi connectivity index (χ1) is 12.9. The van der Waals surface area contributed by atoms with Crippen LogP contribution in [0.25, 0.3) is 0 Å². The molecule has 4 bridgehead atoms. The van der Waals surface area contributed by atoms with Gasteiger partial charge in [0.05, 0.1) is 18.2 Å². The van der Waals surface area contributed by atoms with Crippen LogP contribution in [0.3, 0.4) is 0 Å². The normalized spacial score (nSPS) is 33.9. The van der Waals surface area contributed by atoms with Crippen molar-refractivity contribution >= 4 is 11.7 Å². The van der Waals surface area contributed by atoms with E-state index in [1.54, 1.807) is 6.92 Å². The molecule has 0 unspecified atom stereocenters. The van der Waals surface area contributed by atoms with E-state index in [1.807, 2.05) is 24.3 Å². The fourth-order valence-corrected chi connectivity index (χ4v) is 3.68. The number of Topliss-reactive ketones (excluding diaryl/α,β-unsaturated/α-hetero) is 1. The molecule has 3 N–H and O–H groups in total. The van der Waals surface area contributed by atoms with Crippen LogP contribution in [0, 0.1) is 5.92 Å². The predicted molar refractivity (Wildman–Crippen MR) is 95.3 cm³/mol. The van der Waals surface area contributed by atoms with Gasteiger partial charge in [0.2, 0.25) is 0 Å². The van der Waals surface area contributed by atoms with Crippen LogP contribution in [0.15, 0.2) is 35.6 Å². The first-order valence-corrected chi connectivity index (χ1v) is 9.27. The fraction of sp³-hybridized carbons (Fsp3) is 0.500. The molecule has 5 atom stereocenters. The number of carbonyl (C=O) groups excluding carboxylic acids is 2. The lowest BCUT2D eigenvalue weighted by molar-refractivity contribution is -0.117. The summed E-state index contributed by atoms with van der Waals surface area (Å²) in [5.74, 6) is -1.37. The molecule has 1 amide bonds. The Hall–Kier alpha value is -2.38. The smallest absolute Gasteiger partial charge is 0.259 e. The van der Waals surface area contributed by atoms with Gasteiger partial charge in [0.1, 0.15) is 29.8 Å². The van der Waals surface area contributed by atoms with Crippen LogP contribution < -0.4 is 10.1 Å². The van der Waals surface area contributed by atoms with Crippen molar-refractivity contribution in [3.05, 3.63) is 41.2 Å². The van der Waals surface area contributed by atoms with Crippen molar-refractivity contribution in [3.8, 4) is 5.75 Å². The van der Waals surface area contributed by atoms with Crippen LogP contribution in [0.1, 0.15) is 25.3 Å². The van der Waals surface area contributed by atoms with E-state index in [9.17, 15) is 19.8 Å². The van der Waals surface area contributed by atoms with Crippen molar-refractivity contribution in [1.29, 1.82) is 0 Å². The topological polar surface area (TPSA) is 108 Å². The second-order valence-electron chi connectivity index (χ2n) is 7.46. The molecule has 0 spiro atoms. The Kier molecular flexibility index (Phi) is 4.65. The lowest BCUT2D eigenvalue weighted by Gasteiger charge is -2.18. The number of epoxide rings is 1. The molecule has 0 aromatic heterocycles. The van der Waals surface area contributed by atoms with Gasteiger partial charge in [-0.2, -0.15) is 0 Å². The van der Waals surface area contributed by atoms with Gasteiger partial charge in [0.15, 0.2) is 5.78 Å². The highest BCUT2D eigenvalue weighted by Crippen LogP contribution is 2.31. The molecule has 4 aliphatic heterocycles. The van der Waals surface area contributed by atoms with Gasteiger partial charge in [-0.25, -0.2) is 0 Å². The fourth-order valence-electron chi connectivity index (χ4n) is 3.68. The van der Waals surface area contributed by atoms with Crippen LogP contribution in [0.2, 0.25) is 0 Å². The third-order valence-electron chi connectivity index (χ3n) is 5.57. The second-order valence-corrected chi connectivity index (χ2v) is 7.46. The monoisotopic (exact) mass is 373 g/mol. The average molecular weight is 373 g/mol. The Bertz CT molecular complexity index is 786. The molecule has 4 aliphatic rings. The number of carbonyl (C=O) groups is 2. The maximum Gasteiger partial charge on any atom is 0.259 e. The van der Waals surface area contributed by atoms with Crippen LogP contribution >= 0.6 is 0 Å². The van der Waals surface area contributed by atoms with E-state index in [0.717, 1.165) is 5.56 Å². The van der Waals surface area contributed by atoms with Gasteiger partial charge < -0.3 is 25.0 Å². The maximum absolute atomic E-state index is 12.7. The third kappa shape index (κ3) is 3.57. The summed E-state index contributed by atoms with van der Waals surface area (Å²) in [6.07, 6.45) is 0.473. The lowest BCUT2D eigenvalue weighted by Crippen LogP contribution is -2.31. The molecule has 27 heavy (non-hydrogen) atoms. The molecular weight excluding hydrogens is 350 g/mol. The summed E-state index contributed by atoms with van der Waals surface area (Å²) >= 11 is 0. The number of hydrogen-bond donors (Lipinski definition) is 3. The molecule has 144 valence electrons. The molecule has 1 aromatic carbocycles. The highest BCUT2D eigenvalue weighted by molar-refractivity contribution is 6.27. The van der Waals surface area contributed by atoms with Crippen molar-refractivity contribution in [2.45, 2.75) is 50.5 Å². The number of nitrogens with one attached hydrogen (secondary N) is 1. The van der Waals surface area contributed by atoms with Gasteiger partial charge in [-0.05, 0) is 30.5 Å². The van der Waals surface area contributed by atoms with E-state index in [2.05, 4.69) is 5.32 Å². The van der Waals surface area contributed by atoms with Gasteiger partial charge in [0, 0.05) is 12.3 Å². The average Bonchev–Trinajstić information content (AvgIpc) is 3.35. The summed E-state index contributed by atoms with van der Waals surface area (Å²) in [6.45, 7) is 2.06. The van der Waals surface area contributed by atoms with Gasteiger partial charge in [-0.1, -0.05) is 19.1 Å². The van der Waals surface area contributed by atoms with Crippen LogP contribution in [0.4, 0.5) is 0 Å². The molecule has 2 fully saturated rings. The quantitative estimate of drug-likeness (QED) is 0.463. The number of fused-ring (bicyclic) bond motifs is 7. The molecule has 0 saturated carbocycles. The summed E-state index contributed by atoms with van der Waals surface area (Å²) in [7, 11) is 0. The SMILES string of the molecule is C[C@H]1C(O)=C2C(=O)N[C@@H](Cc3ccc(cc3)OC[C@@H]3O[C@H]3CC[C@@H]1O)C2=O. The zero-order valence-electron chi connectivity index (χ0n) is 15.1. The first-order valence-electron chi connectivity index (χ1n) is 9.27. The summed E-state index contributed by atoms with van der Waals surface area (Å²) in [4.78, 5) is 24.9. The molecule has 7 nitrogen and oxygen atoms in total. The minimum absolute atomic E-state index is 0.00168. The minimum atomic E-state index is -0.873. The van der Waals surface area contributed by atoms with Crippen molar-refractivity contribution in [2.75, 3.05) is 6.61 Å². The van der Waals surface area contributed by atoms with Gasteiger partial charge in [-0.15, -0.1) is 0 Å². The molecule has 1 aromatic rings. The standard InChI is InChI=1S/C20H23NO6/c1-10-14(22)6-7-15-16(27-15)9-26-12-4-2-11(3-5-12)8-13-19(24)17(18(10)23)20(25)21-13/h2-5,10,13-16,22-23H,6-9H2,1H3,(H,21,25)/t10-,13+,14+,15+,16+/m1/s1. The van der Waals surface area contributed by atoms with Crippen LogP contribution in [-0.4, -0.2) is 52.9 Å². The molecule has 0 aliphatic carbocycles.